The molecule has 0 aromatic rings. The van der Waals surface area contributed by atoms with Crippen molar-refractivity contribution in [3.8, 4) is 0 Å². The summed E-state index contributed by atoms with van der Waals surface area (Å²) in [7, 11) is 1.70. The summed E-state index contributed by atoms with van der Waals surface area (Å²) in [4.78, 5) is 41.8. The molecule has 2 amide bonds. The van der Waals surface area contributed by atoms with Crippen LogP contribution in [0.15, 0.2) is 11.6 Å². The summed E-state index contributed by atoms with van der Waals surface area (Å²) in [6, 6.07) is -0.953. The molecule has 1 rings (SSSR count). The highest BCUT2D eigenvalue weighted by molar-refractivity contribution is 5.90. The molecule has 1 fully saturated rings. The van der Waals surface area contributed by atoms with Gasteiger partial charge in [0, 0.05) is 18.7 Å². The number of amides is 2. The number of carbonyl (C=O) groups excluding carboxylic acids is 2. The molecule has 4 atom stereocenters. The summed E-state index contributed by atoms with van der Waals surface area (Å²) in [5, 5.41) is 12.3. The smallest absolute Gasteiger partial charge is 0.331 e. The van der Waals surface area contributed by atoms with E-state index in [9.17, 15) is 19.5 Å². The average Bonchev–Trinajstić information content (AvgIpc) is 2.73. The minimum atomic E-state index is -0.992. The Bertz CT molecular complexity index is 659. The summed E-state index contributed by atoms with van der Waals surface area (Å²) in [5.41, 5.74) is 0.213. The number of rotatable bonds is 10. The topological polar surface area (TPSA) is 90.0 Å². The Kier molecular flexibility index (Phi) is 10.7. The Morgan fingerprint density at radius 2 is 1.77 bits per heavy atom. The van der Waals surface area contributed by atoms with Gasteiger partial charge in [-0.05, 0) is 52.0 Å². The van der Waals surface area contributed by atoms with Gasteiger partial charge in [-0.1, -0.05) is 46.6 Å². The van der Waals surface area contributed by atoms with E-state index >= 15 is 0 Å². The van der Waals surface area contributed by atoms with Gasteiger partial charge in [0.2, 0.25) is 11.8 Å². The van der Waals surface area contributed by atoms with Crippen molar-refractivity contribution >= 4 is 17.8 Å². The highest BCUT2D eigenvalue weighted by atomic mass is 16.4. The molecule has 31 heavy (non-hydrogen) atoms. The zero-order valence-electron chi connectivity index (χ0n) is 20.6. The van der Waals surface area contributed by atoms with Gasteiger partial charge in [0.15, 0.2) is 0 Å². The maximum Gasteiger partial charge on any atom is 0.331 e. The first-order valence-corrected chi connectivity index (χ1v) is 11.7. The molecule has 7 heteroatoms. The molecule has 0 unspecified atom stereocenters. The summed E-state index contributed by atoms with van der Waals surface area (Å²) in [6.07, 6.45) is 5.35. The number of nitrogens with zero attached hydrogens (tertiary/aromatic N) is 2. The van der Waals surface area contributed by atoms with Crippen molar-refractivity contribution in [2.75, 3.05) is 13.6 Å². The number of carboxylic acids is 1. The van der Waals surface area contributed by atoms with Crippen molar-refractivity contribution < 1.29 is 19.5 Å². The van der Waals surface area contributed by atoms with E-state index in [0.29, 0.717) is 0 Å². The van der Waals surface area contributed by atoms with Gasteiger partial charge in [-0.2, -0.15) is 0 Å². The van der Waals surface area contributed by atoms with Crippen LogP contribution in [0.3, 0.4) is 0 Å². The Hall–Kier alpha value is -1.89. The number of carbonyl (C=O) groups is 3. The predicted octanol–water partition coefficient (Wildman–Crippen LogP) is 3.29. The van der Waals surface area contributed by atoms with Crippen molar-refractivity contribution in [2.24, 2.45) is 11.8 Å². The molecule has 0 aliphatic carbocycles. The molecule has 2 N–H and O–H groups in total. The lowest BCUT2D eigenvalue weighted by Crippen LogP contribution is -2.58. The van der Waals surface area contributed by atoms with E-state index in [-0.39, 0.29) is 47.3 Å². The molecule has 1 aliphatic heterocycles. The molecular weight excluding hydrogens is 394 g/mol. The van der Waals surface area contributed by atoms with Crippen LogP contribution >= 0.6 is 0 Å². The number of hydrogen-bond acceptors (Lipinski definition) is 4. The normalized spacial score (nSPS) is 21.0. The summed E-state index contributed by atoms with van der Waals surface area (Å²) < 4.78 is 0. The van der Waals surface area contributed by atoms with Crippen LogP contribution in [0.4, 0.5) is 0 Å². The largest absolute Gasteiger partial charge is 0.478 e. The third-order valence-electron chi connectivity index (χ3n) is 6.52. The van der Waals surface area contributed by atoms with E-state index in [2.05, 4.69) is 24.1 Å². The molecule has 0 aromatic heterocycles. The maximum absolute atomic E-state index is 13.5. The summed E-state index contributed by atoms with van der Waals surface area (Å²) >= 11 is 0. The summed E-state index contributed by atoms with van der Waals surface area (Å²) in [6.45, 7) is 14.5. The van der Waals surface area contributed by atoms with Gasteiger partial charge in [0.05, 0.1) is 12.1 Å². The van der Waals surface area contributed by atoms with Crippen molar-refractivity contribution in [1.82, 2.24) is 15.1 Å². The number of likely N-dealkylation sites (N-methyl/N-ethyl adjacent to an activating group) is 1. The van der Waals surface area contributed by atoms with Crippen LogP contribution in [0.2, 0.25) is 0 Å². The first kappa shape index (κ1) is 27.1. The van der Waals surface area contributed by atoms with E-state index in [4.69, 9.17) is 0 Å². The molecular formula is C24H43N3O4. The van der Waals surface area contributed by atoms with Gasteiger partial charge in [-0.25, -0.2) is 4.79 Å². The molecule has 178 valence electrons. The fourth-order valence-electron chi connectivity index (χ4n) is 4.21. The van der Waals surface area contributed by atoms with E-state index in [1.54, 1.807) is 24.9 Å². The third-order valence-corrected chi connectivity index (χ3v) is 6.52. The molecule has 7 nitrogen and oxygen atoms in total. The Balaban J connectivity index is 3.09. The van der Waals surface area contributed by atoms with Crippen LogP contribution in [0.25, 0.3) is 0 Å². The lowest BCUT2D eigenvalue weighted by Gasteiger charge is -2.39. The second-order valence-corrected chi connectivity index (χ2v) is 9.55. The number of hydrogen-bond donors (Lipinski definition) is 2. The fraction of sp³-hybridized carbons (Fsp3) is 0.792. The molecule has 1 saturated heterocycles. The first-order chi connectivity index (χ1) is 14.4. The molecule has 1 heterocycles. The predicted molar refractivity (Wildman–Crippen MR) is 124 cm³/mol. The van der Waals surface area contributed by atoms with E-state index in [1.165, 1.54) is 0 Å². The molecule has 1 aliphatic rings. The van der Waals surface area contributed by atoms with Crippen molar-refractivity contribution in [3.05, 3.63) is 11.6 Å². The first-order valence-electron chi connectivity index (χ1n) is 11.7. The number of nitrogens with one attached hydrogen (secondary N) is 1. The number of carboxylic acid groups (broad SMARTS) is 1. The Morgan fingerprint density at radius 3 is 2.26 bits per heavy atom. The SMILES string of the molecule is CC[C@H](C)[C@@H](C=C(C)C(=O)O)N(C)C(=O)[C@@H](NC(=O)[C@H]1CCCCN1C(C)C)C(C)C. The average molecular weight is 438 g/mol. The van der Waals surface area contributed by atoms with Crippen LogP contribution in [-0.2, 0) is 14.4 Å². The van der Waals surface area contributed by atoms with E-state index < -0.39 is 12.0 Å². The second kappa shape index (κ2) is 12.2. The zero-order chi connectivity index (χ0) is 23.9. The van der Waals surface area contributed by atoms with Crippen molar-refractivity contribution in [3.63, 3.8) is 0 Å². The van der Waals surface area contributed by atoms with Gasteiger partial charge in [0.1, 0.15) is 6.04 Å². The monoisotopic (exact) mass is 437 g/mol. The number of piperidine rings is 1. The van der Waals surface area contributed by atoms with Gasteiger partial charge >= 0.3 is 5.97 Å². The Labute approximate surface area is 188 Å². The van der Waals surface area contributed by atoms with Gasteiger partial charge in [-0.3, -0.25) is 14.5 Å². The van der Waals surface area contributed by atoms with E-state index in [0.717, 1.165) is 32.2 Å². The molecule has 0 saturated carbocycles. The van der Waals surface area contributed by atoms with Crippen LogP contribution in [0.1, 0.15) is 74.1 Å². The Morgan fingerprint density at radius 1 is 1.16 bits per heavy atom. The van der Waals surface area contributed by atoms with Gasteiger partial charge in [-0.15, -0.1) is 0 Å². The highest BCUT2D eigenvalue weighted by Crippen LogP contribution is 2.22. The van der Waals surface area contributed by atoms with Crippen molar-refractivity contribution in [2.45, 2.75) is 98.3 Å². The fourth-order valence-corrected chi connectivity index (χ4v) is 4.21. The number of aliphatic carboxylic acids is 1. The molecule has 0 spiro atoms. The zero-order valence-corrected chi connectivity index (χ0v) is 20.6. The second-order valence-electron chi connectivity index (χ2n) is 9.55. The minimum absolute atomic E-state index is 0.0848. The third kappa shape index (κ3) is 7.34. The van der Waals surface area contributed by atoms with Crippen molar-refractivity contribution in [1.29, 1.82) is 0 Å². The molecule has 0 bridgehead atoms. The lowest BCUT2D eigenvalue weighted by atomic mass is 9.93. The number of likely N-dealkylation sites (tertiary alicyclic amines) is 1. The van der Waals surface area contributed by atoms with Crippen LogP contribution < -0.4 is 5.32 Å². The molecule has 0 radical (unpaired) electrons. The quantitative estimate of drug-likeness (QED) is 0.512. The summed E-state index contributed by atoms with van der Waals surface area (Å²) in [5.74, 6) is -1.27. The van der Waals surface area contributed by atoms with E-state index in [1.807, 2.05) is 27.7 Å². The van der Waals surface area contributed by atoms with Crippen LogP contribution in [0.5, 0.6) is 0 Å². The highest BCUT2D eigenvalue weighted by Gasteiger charge is 2.36. The minimum Gasteiger partial charge on any atom is -0.478 e. The van der Waals surface area contributed by atoms with Crippen LogP contribution in [0, 0.1) is 11.8 Å². The van der Waals surface area contributed by atoms with Gasteiger partial charge in [0.25, 0.3) is 0 Å². The lowest BCUT2D eigenvalue weighted by molar-refractivity contribution is -0.140. The maximum atomic E-state index is 13.5. The van der Waals surface area contributed by atoms with Crippen LogP contribution in [-0.4, -0.2) is 70.4 Å². The standard InChI is InChI=1S/C24H43N3O4/c1-9-17(6)20(14-18(7)24(30)31)26(8)23(29)21(15(2)3)25-22(28)19-12-10-11-13-27(19)16(4)5/h14-17,19-21H,9-13H2,1-8H3,(H,25,28)(H,30,31)/t17-,19+,20+,21-/m0/s1. The molecule has 0 aromatic carbocycles. The van der Waals surface area contributed by atoms with Gasteiger partial charge < -0.3 is 15.3 Å².